The summed E-state index contributed by atoms with van der Waals surface area (Å²) < 4.78 is 31.4. The van der Waals surface area contributed by atoms with Gasteiger partial charge >= 0.3 is 0 Å². The Kier molecular flexibility index (Phi) is 5.05. The molecule has 3 fully saturated rings. The van der Waals surface area contributed by atoms with E-state index in [1.165, 1.54) is 4.31 Å². The van der Waals surface area contributed by atoms with Crippen molar-refractivity contribution >= 4 is 27.5 Å². The van der Waals surface area contributed by atoms with Gasteiger partial charge in [0.1, 0.15) is 5.75 Å². The van der Waals surface area contributed by atoms with Gasteiger partial charge in [-0.25, -0.2) is 8.42 Å². The molecule has 2 heterocycles. The summed E-state index contributed by atoms with van der Waals surface area (Å²) in [6.07, 6.45) is 1.66. The second-order valence-electron chi connectivity index (χ2n) is 7.58. The number of sulfonamides is 1. The summed E-state index contributed by atoms with van der Waals surface area (Å²) in [4.78, 5) is 28.7. The maximum absolute atomic E-state index is 12.9. The highest BCUT2D eigenvalue weighted by Crippen LogP contribution is 2.32. The van der Waals surface area contributed by atoms with Crippen LogP contribution >= 0.6 is 0 Å². The zero-order valence-corrected chi connectivity index (χ0v) is 16.7. The molecule has 0 aromatic heterocycles. The van der Waals surface area contributed by atoms with Gasteiger partial charge in [0.15, 0.2) is 0 Å². The maximum Gasteiger partial charge on any atom is 0.228 e. The van der Waals surface area contributed by atoms with Crippen LogP contribution in [0.2, 0.25) is 0 Å². The van der Waals surface area contributed by atoms with Gasteiger partial charge in [-0.2, -0.15) is 4.31 Å². The lowest BCUT2D eigenvalue weighted by atomic mass is 10.1. The highest BCUT2D eigenvalue weighted by Gasteiger charge is 2.43. The molecule has 9 heteroatoms. The Bertz CT molecular complexity index is 875. The Morgan fingerprint density at radius 1 is 1.14 bits per heavy atom. The zero-order valence-electron chi connectivity index (χ0n) is 15.9. The monoisotopic (exact) mass is 407 g/mol. The first-order valence-corrected chi connectivity index (χ1v) is 11.1. The number of carbonyl (C=O) groups excluding carboxylic acids is 2. The van der Waals surface area contributed by atoms with Gasteiger partial charge in [-0.1, -0.05) is 6.07 Å². The number of benzene rings is 1. The molecule has 28 heavy (non-hydrogen) atoms. The molecule has 1 aliphatic carbocycles. The average molecular weight is 407 g/mol. The number of hydrogen-bond acceptors (Lipinski definition) is 5. The molecule has 0 N–H and O–H groups in total. The summed E-state index contributed by atoms with van der Waals surface area (Å²) in [5.41, 5.74) is 0.722. The van der Waals surface area contributed by atoms with E-state index in [9.17, 15) is 18.0 Å². The summed E-state index contributed by atoms with van der Waals surface area (Å²) in [6, 6.07) is 7.24. The maximum atomic E-state index is 12.9. The molecule has 4 rings (SSSR count). The van der Waals surface area contributed by atoms with Crippen LogP contribution in [0.15, 0.2) is 24.3 Å². The van der Waals surface area contributed by atoms with Crippen LogP contribution in [-0.2, 0) is 19.6 Å². The van der Waals surface area contributed by atoms with Crippen molar-refractivity contribution in [2.45, 2.75) is 24.5 Å². The van der Waals surface area contributed by atoms with Crippen molar-refractivity contribution in [2.24, 2.45) is 5.92 Å². The number of anilines is 1. The molecule has 152 valence electrons. The number of methoxy groups -OCH3 is 1. The first-order valence-electron chi connectivity index (χ1n) is 9.62. The molecule has 0 spiro atoms. The Labute approximate surface area is 165 Å². The minimum atomic E-state index is -3.20. The molecular weight excluding hydrogens is 382 g/mol. The smallest absolute Gasteiger partial charge is 0.228 e. The summed E-state index contributed by atoms with van der Waals surface area (Å²) >= 11 is 0. The number of piperazine rings is 1. The lowest BCUT2D eigenvalue weighted by molar-refractivity contribution is -0.136. The third-order valence-corrected chi connectivity index (χ3v) is 8.09. The van der Waals surface area contributed by atoms with Crippen molar-refractivity contribution in [2.75, 3.05) is 44.7 Å². The quantitative estimate of drug-likeness (QED) is 0.717. The van der Waals surface area contributed by atoms with Crippen LogP contribution in [0.4, 0.5) is 5.69 Å². The Hall–Kier alpha value is -2.13. The minimum absolute atomic E-state index is 0.0674. The molecule has 2 saturated heterocycles. The van der Waals surface area contributed by atoms with Gasteiger partial charge in [-0.15, -0.1) is 0 Å². The van der Waals surface area contributed by atoms with E-state index in [-0.39, 0.29) is 23.5 Å². The SMILES string of the molecule is COc1cccc(N2CC(C(=O)N3CCN(S(=O)(=O)C4CC4)CC3)CC2=O)c1. The van der Waals surface area contributed by atoms with E-state index in [0.29, 0.717) is 38.5 Å². The fourth-order valence-electron chi connectivity index (χ4n) is 3.90. The number of amides is 2. The van der Waals surface area contributed by atoms with Crippen LogP contribution in [0, 0.1) is 5.92 Å². The molecule has 1 unspecified atom stereocenters. The van der Waals surface area contributed by atoms with Crippen molar-refractivity contribution in [3.8, 4) is 5.75 Å². The molecule has 1 aromatic carbocycles. The van der Waals surface area contributed by atoms with Crippen LogP contribution in [0.5, 0.6) is 5.75 Å². The van der Waals surface area contributed by atoms with Gasteiger partial charge in [0.05, 0.1) is 18.3 Å². The lowest BCUT2D eigenvalue weighted by Crippen LogP contribution is -2.52. The van der Waals surface area contributed by atoms with E-state index < -0.39 is 15.9 Å². The van der Waals surface area contributed by atoms with Crippen LogP contribution in [-0.4, -0.2) is 74.5 Å². The first-order chi connectivity index (χ1) is 13.4. The molecule has 2 aliphatic heterocycles. The topological polar surface area (TPSA) is 87.2 Å². The molecule has 0 bridgehead atoms. The minimum Gasteiger partial charge on any atom is -0.497 e. The number of ether oxygens (including phenoxy) is 1. The number of carbonyl (C=O) groups is 2. The van der Waals surface area contributed by atoms with Crippen LogP contribution < -0.4 is 9.64 Å². The zero-order chi connectivity index (χ0) is 19.9. The second kappa shape index (κ2) is 7.36. The fraction of sp³-hybridized carbons (Fsp3) is 0.579. The number of hydrogen-bond donors (Lipinski definition) is 0. The predicted molar refractivity (Wildman–Crippen MR) is 104 cm³/mol. The lowest BCUT2D eigenvalue weighted by Gasteiger charge is -2.35. The van der Waals surface area contributed by atoms with Crippen LogP contribution in [0.3, 0.4) is 0 Å². The third-order valence-electron chi connectivity index (χ3n) is 5.70. The molecule has 8 nitrogen and oxygen atoms in total. The predicted octanol–water partition coefficient (Wildman–Crippen LogP) is 0.685. The molecule has 0 radical (unpaired) electrons. The van der Waals surface area contributed by atoms with Gasteiger partial charge in [0, 0.05) is 50.9 Å². The van der Waals surface area contributed by atoms with Gasteiger partial charge in [-0.05, 0) is 25.0 Å². The highest BCUT2D eigenvalue weighted by molar-refractivity contribution is 7.90. The van der Waals surface area contributed by atoms with Crippen molar-refractivity contribution in [3.05, 3.63) is 24.3 Å². The number of nitrogens with zero attached hydrogens (tertiary/aromatic N) is 3. The van der Waals surface area contributed by atoms with Crippen LogP contribution in [0.1, 0.15) is 19.3 Å². The van der Waals surface area contributed by atoms with Crippen molar-refractivity contribution in [1.29, 1.82) is 0 Å². The van der Waals surface area contributed by atoms with Gasteiger partial charge in [-0.3, -0.25) is 9.59 Å². The normalized spacial score (nSPS) is 23.9. The number of rotatable bonds is 5. The standard InChI is InChI=1S/C19H25N3O5S/c1-27-16-4-2-3-15(12-16)22-13-14(11-18(22)23)19(24)20-7-9-21(10-8-20)28(25,26)17-5-6-17/h2-4,12,14,17H,5-11,13H2,1H3. The van der Waals surface area contributed by atoms with Gasteiger partial charge in [0.2, 0.25) is 21.8 Å². The Morgan fingerprint density at radius 3 is 2.50 bits per heavy atom. The van der Waals surface area contributed by atoms with E-state index in [1.54, 1.807) is 23.0 Å². The highest BCUT2D eigenvalue weighted by atomic mass is 32.2. The van der Waals surface area contributed by atoms with Crippen LogP contribution in [0.25, 0.3) is 0 Å². The van der Waals surface area contributed by atoms with Crippen molar-refractivity contribution in [3.63, 3.8) is 0 Å². The van der Waals surface area contributed by atoms with E-state index in [4.69, 9.17) is 4.74 Å². The molecule has 1 aromatic rings. The first kappa shape index (κ1) is 19.2. The second-order valence-corrected chi connectivity index (χ2v) is 9.79. The summed E-state index contributed by atoms with van der Waals surface area (Å²) in [5, 5.41) is -0.223. The molecule has 1 saturated carbocycles. The molecule has 2 amide bonds. The average Bonchev–Trinajstić information content (AvgIpc) is 3.50. The summed E-state index contributed by atoms with van der Waals surface area (Å²) in [6.45, 7) is 1.78. The van der Waals surface area contributed by atoms with Crippen molar-refractivity contribution in [1.82, 2.24) is 9.21 Å². The molecule has 3 aliphatic rings. The van der Waals surface area contributed by atoms with Gasteiger partial charge < -0.3 is 14.5 Å². The van der Waals surface area contributed by atoms with E-state index in [2.05, 4.69) is 0 Å². The Morgan fingerprint density at radius 2 is 1.86 bits per heavy atom. The van der Waals surface area contributed by atoms with Gasteiger partial charge in [0.25, 0.3) is 0 Å². The van der Waals surface area contributed by atoms with E-state index in [0.717, 1.165) is 18.5 Å². The van der Waals surface area contributed by atoms with E-state index >= 15 is 0 Å². The molecule has 1 atom stereocenters. The fourth-order valence-corrected chi connectivity index (χ4v) is 5.72. The summed E-state index contributed by atoms with van der Waals surface area (Å²) in [7, 11) is -1.63. The summed E-state index contributed by atoms with van der Waals surface area (Å²) in [5.74, 6) is 0.113. The molecular formula is C19H25N3O5S. The Balaban J connectivity index is 1.37. The van der Waals surface area contributed by atoms with E-state index in [1.807, 2.05) is 18.2 Å². The largest absolute Gasteiger partial charge is 0.497 e. The third kappa shape index (κ3) is 3.60. The van der Waals surface area contributed by atoms with Crippen molar-refractivity contribution < 1.29 is 22.7 Å².